The van der Waals surface area contributed by atoms with Crippen LogP contribution in [0.2, 0.25) is 5.02 Å². The van der Waals surface area contributed by atoms with Crippen LogP contribution < -0.4 is 5.46 Å². The standard InChI is InChI=1S/C26H25BN2O2.C20H13ClN2/c1-25(2)26(3,4)31-27(30-25)19-13-14-20-21(18-10-6-5-7-11-18)17-24(29-23(20)16-19)22-12-8-9-15-28-22;21-15-9-10-16-17(14-6-2-1-3-7-14)13-20(23-19(16)12-15)18-8-4-5-11-22-18/h5-17H,1-4H3;1-13H. The third-order valence-corrected chi connectivity index (χ3v) is 10.4. The normalized spacial score (nSPS) is 14.5. The highest BCUT2D eigenvalue weighted by Gasteiger charge is 2.51. The van der Waals surface area contributed by atoms with Gasteiger partial charge < -0.3 is 9.31 Å². The average molecular weight is 725 g/mol. The van der Waals surface area contributed by atoms with Gasteiger partial charge in [-0.2, -0.15) is 0 Å². The minimum absolute atomic E-state index is 0.384. The molecule has 1 fully saturated rings. The van der Waals surface area contributed by atoms with Crippen LogP contribution in [0, 0.1) is 0 Å². The Morgan fingerprint density at radius 1 is 0.481 bits per heavy atom. The van der Waals surface area contributed by atoms with E-state index in [-0.39, 0.29) is 11.2 Å². The Morgan fingerprint density at radius 2 is 0.944 bits per heavy atom. The maximum absolute atomic E-state index is 6.27. The zero-order valence-electron chi connectivity index (χ0n) is 30.6. The molecule has 0 N–H and O–H groups in total. The molecule has 0 amide bonds. The smallest absolute Gasteiger partial charge is 0.399 e. The summed E-state index contributed by atoms with van der Waals surface area (Å²) in [5.41, 5.74) is 9.93. The molecule has 0 unspecified atom stereocenters. The third-order valence-electron chi connectivity index (χ3n) is 10.2. The van der Waals surface area contributed by atoms with E-state index in [2.05, 4.69) is 104 Å². The number of benzene rings is 4. The molecule has 0 saturated carbocycles. The summed E-state index contributed by atoms with van der Waals surface area (Å²) in [5.74, 6) is 0. The maximum atomic E-state index is 6.27. The highest BCUT2D eigenvalue weighted by molar-refractivity contribution is 6.62. The molecule has 0 aliphatic carbocycles. The summed E-state index contributed by atoms with van der Waals surface area (Å²) in [7, 11) is -0.421. The minimum atomic E-state index is -0.421. The van der Waals surface area contributed by atoms with Crippen molar-refractivity contribution in [1.29, 1.82) is 0 Å². The van der Waals surface area contributed by atoms with Crippen LogP contribution in [0.25, 0.3) is 66.8 Å². The van der Waals surface area contributed by atoms with Crippen LogP contribution in [0.15, 0.2) is 158 Å². The summed E-state index contributed by atoms with van der Waals surface area (Å²) in [6, 6.07) is 48.7. The summed E-state index contributed by atoms with van der Waals surface area (Å²) in [6.07, 6.45) is 3.57. The number of nitrogens with zero attached hydrogens (tertiary/aromatic N) is 4. The fraction of sp³-hybridized carbons (Fsp3) is 0.130. The molecule has 0 radical (unpaired) electrons. The van der Waals surface area contributed by atoms with Crippen molar-refractivity contribution in [3.8, 4) is 45.0 Å². The van der Waals surface area contributed by atoms with E-state index < -0.39 is 7.12 Å². The van der Waals surface area contributed by atoms with Crippen LogP contribution in [0.3, 0.4) is 0 Å². The molecule has 9 rings (SSSR count). The summed E-state index contributed by atoms with van der Waals surface area (Å²) < 4.78 is 12.5. The lowest BCUT2D eigenvalue weighted by Gasteiger charge is -2.32. The van der Waals surface area contributed by atoms with Crippen molar-refractivity contribution in [3.63, 3.8) is 0 Å². The highest BCUT2D eigenvalue weighted by atomic mass is 35.5. The monoisotopic (exact) mass is 724 g/mol. The molecular formula is C46H38BClN4O2. The van der Waals surface area contributed by atoms with Gasteiger partial charge >= 0.3 is 7.12 Å². The molecular weight excluding hydrogens is 687 g/mol. The lowest BCUT2D eigenvalue weighted by atomic mass is 9.78. The van der Waals surface area contributed by atoms with Crippen molar-refractivity contribution in [3.05, 3.63) is 163 Å². The molecule has 5 heterocycles. The predicted molar refractivity (Wildman–Crippen MR) is 222 cm³/mol. The van der Waals surface area contributed by atoms with Crippen molar-refractivity contribution in [1.82, 2.24) is 19.9 Å². The van der Waals surface area contributed by atoms with Crippen molar-refractivity contribution in [2.24, 2.45) is 0 Å². The van der Waals surface area contributed by atoms with E-state index in [0.29, 0.717) is 5.02 Å². The van der Waals surface area contributed by atoms with Gasteiger partial charge in [0.2, 0.25) is 0 Å². The molecule has 1 saturated heterocycles. The van der Waals surface area contributed by atoms with Crippen LogP contribution in [0.4, 0.5) is 0 Å². The minimum Gasteiger partial charge on any atom is -0.399 e. The Hall–Kier alpha value is -5.73. The van der Waals surface area contributed by atoms with Gasteiger partial charge in [0.15, 0.2) is 0 Å². The van der Waals surface area contributed by atoms with Crippen LogP contribution in [0.5, 0.6) is 0 Å². The fourth-order valence-electron chi connectivity index (χ4n) is 6.58. The predicted octanol–water partition coefficient (Wildman–Crippen LogP) is 10.9. The zero-order chi connectivity index (χ0) is 37.3. The first-order valence-corrected chi connectivity index (χ1v) is 18.4. The van der Waals surface area contributed by atoms with Crippen LogP contribution in [-0.2, 0) is 9.31 Å². The second kappa shape index (κ2) is 14.6. The first-order chi connectivity index (χ1) is 26.1. The van der Waals surface area contributed by atoms with Gasteiger partial charge in [0, 0.05) is 28.2 Å². The summed E-state index contributed by atoms with van der Waals surface area (Å²) in [6.45, 7) is 8.27. The third kappa shape index (κ3) is 7.14. The first-order valence-electron chi connectivity index (χ1n) is 18.0. The summed E-state index contributed by atoms with van der Waals surface area (Å²) in [5, 5.41) is 2.86. The Bertz CT molecular complexity index is 2560. The molecule has 4 aromatic heterocycles. The molecule has 4 aromatic carbocycles. The molecule has 6 nitrogen and oxygen atoms in total. The van der Waals surface area contributed by atoms with Gasteiger partial charge in [-0.25, -0.2) is 9.97 Å². The van der Waals surface area contributed by atoms with Crippen LogP contribution >= 0.6 is 11.6 Å². The van der Waals surface area contributed by atoms with Gasteiger partial charge in [-0.1, -0.05) is 103 Å². The van der Waals surface area contributed by atoms with Gasteiger partial charge in [-0.05, 0) is 110 Å². The van der Waals surface area contributed by atoms with Crippen LogP contribution in [-0.4, -0.2) is 38.3 Å². The Balaban J connectivity index is 0.000000160. The molecule has 0 spiro atoms. The fourth-order valence-corrected chi connectivity index (χ4v) is 6.74. The maximum Gasteiger partial charge on any atom is 0.494 e. The van der Waals surface area contributed by atoms with Crippen molar-refractivity contribution >= 4 is 46.0 Å². The number of pyridine rings is 4. The van der Waals surface area contributed by atoms with E-state index >= 15 is 0 Å². The second-order valence-electron chi connectivity index (χ2n) is 14.3. The van der Waals surface area contributed by atoms with Crippen molar-refractivity contribution in [2.45, 2.75) is 38.9 Å². The van der Waals surface area contributed by atoms with E-state index in [4.69, 9.17) is 30.9 Å². The lowest BCUT2D eigenvalue weighted by Crippen LogP contribution is -2.41. The highest BCUT2D eigenvalue weighted by Crippen LogP contribution is 2.38. The lowest BCUT2D eigenvalue weighted by molar-refractivity contribution is 0.00578. The van der Waals surface area contributed by atoms with E-state index in [9.17, 15) is 0 Å². The molecule has 0 bridgehead atoms. The average Bonchev–Trinajstić information content (AvgIpc) is 3.43. The number of aromatic nitrogens is 4. The molecule has 0 atom stereocenters. The summed E-state index contributed by atoms with van der Waals surface area (Å²) in [4.78, 5) is 18.6. The number of rotatable bonds is 5. The number of halogens is 1. The summed E-state index contributed by atoms with van der Waals surface area (Å²) >= 11 is 6.16. The molecule has 8 heteroatoms. The molecule has 264 valence electrons. The van der Waals surface area contributed by atoms with E-state index in [0.717, 1.165) is 72.3 Å². The van der Waals surface area contributed by atoms with Gasteiger partial charge in [-0.3, -0.25) is 9.97 Å². The van der Waals surface area contributed by atoms with Crippen molar-refractivity contribution < 1.29 is 9.31 Å². The SMILES string of the molecule is CC1(C)OB(c2ccc3c(-c4ccccc4)cc(-c4ccccn4)nc3c2)OC1(C)C.Clc1ccc2c(-c3ccccc3)cc(-c3ccccn3)nc2c1. The van der Waals surface area contributed by atoms with Gasteiger partial charge in [0.1, 0.15) is 0 Å². The second-order valence-corrected chi connectivity index (χ2v) is 14.7. The number of hydrogen-bond donors (Lipinski definition) is 0. The van der Waals surface area contributed by atoms with E-state index in [1.165, 1.54) is 0 Å². The molecule has 8 aromatic rings. The van der Waals surface area contributed by atoms with E-state index in [1.807, 2.05) is 78.9 Å². The largest absolute Gasteiger partial charge is 0.494 e. The van der Waals surface area contributed by atoms with Gasteiger partial charge in [-0.15, -0.1) is 0 Å². The van der Waals surface area contributed by atoms with Gasteiger partial charge in [0.05, 0.1) is 45.0 Å². The van der Waals surface area contributed by atoms with Crippen molar-refractivity contribution in [2.75, 3.05) is 0 Å². The van der Waals surface area contributed by atoms with Gasteiger partial charge in [0.25, 0.3) is 0 Å². The van der Waals surface area contributed by atoms with Crippen LogP contribution in [0.1, 0.15) is 27.7 Å². The first kappa shape index (κ1) is 35.3. The quantitative estimate of drug-likeness (QED) is 0.165. The number of hydrogen-bond acceptors (Lipinski definition) is 6. The molecule has 1 aliphatic heterocycles. The zero-order valence-corrected chi connectivity index (χ0v) is 31.3. The molecule has 54 heavy (non-hydrogen) atoms. The topological polar surface area (TPSA) is 70.0 Å². The number of fused-ring (bicyclic) bond motifs is 2. The Morgan fingerprint density at radius 3 is 1.43 bits per heavy atom. The van der Waals surface area contributed by atoms with E-state index in [1.54, 1.807) is 12.4 Å². The Labute approximate surface area is 321 Å². The Kier molecular flexibility index (Phi) is 9.55. The molecule has 1 aliphatic rings.